The molecule has 3 aliphatic rings. The molecule has 1 fully saturated rings. The first kappa shape index (κ1) is 14.3. The van der Waals surface area contributed by atoms with Crippen LogP contribution < -0.4 is 10.7 Å². The third-order valence-corrected chi connectivity index (χ3v) is 5.41. The second-order valence-electron chi connectivity index (χ2n) is 6.72. The Morgan fingerprint density at radius 1 is 1.12 bits per heavy atom. The summed E-state index contributed by atoms with van der Waals surface area (Å²) >= 11 is 6.05. The molecule has 5 rings (SSSR count). The Morgan fingerprint density at radius 3 is 2.67 bits per heavy atom. The van der Waals surface area contributed by atoms with Gasteiger partial charge in [-0.05, 0) is 37.0 Å². The van der Waals surface area contributed by atoms with Crippen LogP contribution in [0.25, 0.3) is 17.2 Å². The molecule has 0 saturated heterocycles. The molecule has 0 radical (unpaired) electrons. The normalized spacial score (nSPS) is 19.4. The monoisotopic (exact) mass is 339 g/mol. The van der Waals surface area contributed by atoms with Gasteiger partial charge in [0.15, 0.2) is 0 Å². The summed E-state index contributed by atoms with van der Waals surface area (Å²) in [6.07, 6.45) is 5.43. The van der Waals surface area contributed by atoms with Crippen LogP contribution in [0.15, 0.2) is 29.3 Å². The number of hydrogen-bond acceptors (Lipinski definition) is 2. The van der Waals surface area contributed by atoms with Gasteiger partial charge in [-0.25, -0.2) is 0 Å². The largest absolute Gasteiger partial charge is 0.333 e. The molecule has 0 spiro atoms. The molecule has 0 unspecified atom stereocenters. The quantitative estimate of drug-likeness (QED) is 0.826. The second-order valence-corrected chi connectivity index (χ2v) is 7.16. The van der Waals surface area contributed by atoms with E-state index in [1.165, 1.54) is 0 Å². The Balaban J connectivity index is 1.79. The van der Waals surface area contributed by atoms with Gasteiger partial charge in [0.05, 0.1) is 0 Å². The molecule has 0 N–H and O–H groups in total. The fourth-order valence-electron chi connectivity index (χ4n) is 3.90. The molecule has 4 nitrogen and oxygen atoms in total. The summed E-state index contributed by atoms with van der Waals surface area (Å²) in [5.41, 5.74) is 3.86. The van der Waals surface area contributed by atoms with Gasteiger partial charge >= 0.3 is 0 Å². The van der Waals surface area contributed by atoms with Crippen molar-refractivity contribution in [3.63, 3.8) is 0 Å². The molecule has 1 saturated carbocycles. The Morgan fingerprint density at radius 2 is 1.92 bits per heavy atom. The van der Waals surface area contributed by atoms with Crippen LogP contribution >= 0.6 is 11.6 Å². The van der Waals surface area contributed by atoms with Gasteiger partial charge in [0.2, 0.25) is 0 Å². The minimum Gasteiger partial charge on any atom is -0.333 e. The summed E-state index contributed by atoms with van der Waals surface area (Å²) in [4.78, 5) is 20.0. The molecule has 1 aliphatic carbocycles. The number of carbonyl (C=O) groups is 1. The van der Waals surface area contributed by atoms with Gasteiger partial charge in [-0.3, -0.25) is 9.79 Å². The fourth-order valence-corrected chi connectivity index (χ4v) is 4.02. The van der Waals surface area contributed by atoms with Crippen molar-refractivity contribution >= 4 is 23.6 Å². The Labute approximate surface area is 145 Å². The number of halogens is 1. The van der Waals surface area contributed by atoms with Crippen LogP contribution in [-0.2, 0) is 6.54 Å². The van der Waals surface area contributed by atoms with Crippen molar-refractivity contribution in [3.8, 4) is 11.1 Å². The van der Waals surface area contributed by atoms with Crippen molar-refractivity contribution in [1.29, 1.82) is 0 Å². The van der Waals surface area contributed by atoms with Gasteiger partial charge in [-0.1, -0.05) is 29.8 Å². The summed E-state index contributed by atoms with van der Waals surface area (Å²) in [6.45, 7) is 2.44. The maximum atomic E-state index is 13.2. The topological polar surface area (TPSA) is 37.6 Å². The number of amides is 1. The van der Waals surface area contributed by atoms with E-state index in [1.807, 2.05) is 24.3 Å². The lowest BCUT2D eigenvalue weighted by atomic mass is 10.0. The molecule has 24 heavy (non-hydrogen) atoms. The first-order valence-electron chi connectivity index (χ1n) is 8.58. The average Bonchev–Trinajstić information content (AvgIpc) is 3.38. The lowest BCUT2D eigenvalue weighted by Gasteiger charge is -2.29. The highest BCUT2D eigenvalue weighted by Gasteiger charge is 2.38. The molecular weight excluding hydrogens is 322 g/mol. The zero-order chi connectivity index (χ0) is 16.3. The van der Waals surface area contributed by atoms with Crippen molar-refractivity contribution in [2.24, 2.45) is 4.99 Å². The number of nitrogens with zero attached hydrogens (tertiary/aromatic N) is 3. The Bertz CT molecular complexity index is 954. The van der Waals surface area contributed by atoms with E-state index in [0.29, 0.717) is 11.1 Å². The van der Waals surface area contributed by atoms with Gasteiger partial charge in [0.1, 0.15) is 11.2 Å². The van der Waals surface area contributed by atoms with Crippen LogP contribution in [-0.4, -0.2) is 34.5 Å². The average molecular weight is 340 g/mol. The highest BCUT2D eigenvalue weighted by atomic mass is 35.5. The number of aromatic nitrogens is 1. The van der Waals surface area contributed by atoms with Crippen LogP contribution in [0.1, 0.15) is 29.8 Å². The molecule has 1 amide bonds. The van der Waals surface area contributed by atoms with Gasteiger partial charge in [-0.2, -0.15) is 0 Å². The van der Waals surface area contributed by atoms with E-state index < -0.39 is 0 Å². The number of carbonyl (C=O) groups excluding carboxylic acids is 1. The van der Waals surface area contributed by atoms with Gasteiger partial charge in [-0.15, -0.1) is 0 Å². The van der Waals surface area contributed by atoms with Gasteiger partial charge < -0.3 is 9.47 Å². The molecule has 0 atom stereocenters. The fraction of sp³-hybridized carbons (Fsp3) is 0.368. The van der Waals surface area contributed by atoms with Crippen molar-refractivity contribution in [3.05, 3.63) is 45.7 Å². The first-order valence-corrected chi connectivity index (χ1v) is 8.96. The van der Waals surface area contributed by atoms with E-state index in [1.54, 1.807) is 0 Å². The van der Waals surface area contributed by atoms with Crippen molar-refractivity contribution < 1.29 is 4.79 Å². The van der Waals surface area contributed by atoms with Crippen molar-refractivity contribution in [2.45, 2.75) is 31.8 Å². The number of hydrogen-bond donors (Lipinski definition) is 0. The molecule has 5 heteroatoms. The first-order chi connectivity index (χ1) is 11.7. The summed E-state index contributed by atoms with van der Waals surface area (Å²) in [5, 5.41) is 1.82. The van der Waals surface area contributed by atoms with E-state index in [2.05, 4.69) is 15.5 Å². The minimum absolute atomic E-state index is 0.159. The smallest absolute Gasteiger partial charge is 0.271 e. The lowest BCUT2D eigenvalue weighted by molar-refractivity contribution is 0.0689. The van der Waals surface area contributed by atoms with Crippen LogP contribution in [0.5, 0.6) is 0 Å². The van der Waals surface area contributed by atoms with Gasteiger partial charge in [0.25, 0.3) is 5.91 Å². The minimum atomic E-state index is 0.159. The van der Waals surface area contributed by atoms with E-state index in [0.717, 1.165) is 66.4 Å². The Kier molecular flexibility index (Phi) is 3.10. The molecule has 1 aromatic carbocycles. The van der Waals surface area contributed by atoms with Crippen LogP contribution in [0.2, 0.25) is 5.02 Å². The van der Waals surface area contributed by atoms with Crippen molar-refractivity contribution in [1.82, 2.24) is 9.47 Å². The van der Waals surface area contributed by atoms with E-state index in [-0.39, 0.29) is 5.91 Å². The molecule has 2 aromatic rings. The van der Waals surface area contributed by atoms with Crippen LogP contribution in [0, 0.1) is 0 Å². The highest BCUT2D eigenvalue weighted by Crippen LogP contribution is 2.32. The highest BCUT2D eigenvalue weighted by molar-refractivity contribution is 6.30. The summed E-state index contributed by atoms with van der Waals surface area (Å²) in [5.74, 6) is 0.159. The summed E-state index contributed by atoms with van der Waals surface area (Å²) < 4.78 is 2.14. The zero-order valence-electron chi connectivity index (χ0n) is 13.3. The maximum Gasteiger partial charge on any atom is 0.271 e. The van der Waals surface area contributed by atoms with E-state index in [4.69, 9.17) is 16.6 Å². The maximum absolute atomic E-state index is 13.2. The molecule has 122 valence electrons. The van der Waals surface area contributed by atoms with Crippen molar-refractivity contribution in [2.75, 3.05) is 13.1 Å². The predicted octanol–water partition coefficient (Wildman–Crippen LogP) is 2.23. The lowest BCUT2D eigenvalue weighted by Crippen LogP contribution is -2.44. The molecule has 1 aromatic heterocycles. The third kappa shape index (κ3) is 2.06. The number of fused-ring (bicyclic) bond motifs is 3. The molecule has 2 aliphatic heterocycles. The van der Waals surface area contributed by atoms with Crippen LogP contribution in [0.3, 0.4) is 0 Å². The standard InChI is InChI=1S/C19H18ClN3O/c20-13-5-3-12(4-6-13)16-15-2-1-9-21-18(15)23-11-10-22(14-7-8-14)19(24)17(16)23/h2-6,14H,1,7-11H2. The Hall–Kier alpha value is -2.07. The predicted molar refractivity (Wildman–Crippen MR) is 93.7 cm³/mol. The summed E-state index contributed by atoms with van der Waals surface area (Å²) in [7, 11) is 0. The molecular formula is C19H18ClN3O. The van der Waals surface area contributed by atoms with E-state index >= 15 is 0 Å². The molecule has 0 bridgehead atoms. The zero-order valence-corrected chi connectivity index (χ0v) is 14.1. The summed E-state index contributed by atoms with van der Waals surface area (Å²) in [6, 6.07) is 8.23. The molecule has 3 heterocycles. The van der Waals surface area contributed by atoms with E-state index in [9.17, 15) is 4.79 Å². The van der Waals surface area contributed by atoms with Crippen LogP contribution in [0.4, 0.5) is 0 Å². The number of rotatable bonds is 2. The number of benzene rings is 1. The second kappa shape index (κ2) is 5.21. The SMILES string of the molecule is O=C1c2c(-c3ccc(Cl)cc3)c3c(n2CCN1C1CC1)=NCCC=3. The van der Waals surface area contributed by atoms with Gasteiger partial charge in [0, 0.05) is 41.5 Å². The third-order valence-electron chi connectivity index (χ3n) is 5.16.